The normalized spacial score (nSPS) is 15.2. The predicted molar refractivity (Wildman–Crippen MR) is 78.4 cm³/mol. The quantitative estimate of drug-likeness (QED) is 0.765. The van der Waals surface area contributed by atoms with E-state index in [9.17, 15) is 9.59 Å². The number of nitrogens with one attached hydrogen (secondary N) is 1. The SMILES string of the molecule is Cn1nc(-c2ccccc2N2CC(=O)NC(=O)C2)cc1N. The number of nitrogens with zero attached hydrogens (tertiary/aromatic N) is 3. The van der Waals surface area contributed by atoms with Crippen LogP contribution in [-0.4, -0.2) is 34.7 Å². The first-order valence-electron chi connectivity index (χ1n) is 6.51. The van der Waals surface area contributed by atoms with Crippen molar-refractivity contribution in [2.75, 3.05) is 23.7 Å². The molecule has 1 saturated heterocycles. The zero-order valence-corrected chi connectivity index (χ0v) is 11.5. The van der Waals surface area contributed by atoms with Gasteiger partial charge < -0.3 is 10.6 Å². The van der Waals surface area contributed by atoms with Crippen molar-refractivity contribution in [3.63, 3.8) is 0 Å². The predicted octanol–water partition coefficient (Wildman–Crippen LogP) is 0.132. The van der Waals surface area contributed by atoms with Crippen molar-refractivity contribution in [2.24, 2.45) is 7.05 Å². The summed E-state index contributed by atoms with van der Waals surface area (Å²) in [5.74, 6) is -0.0598. The number of aromatic nitrogens is 2. The summed E-state index contributed by atoms with van der Waals surface area (Å²) in [5, 5.41) is 6.65. The molecular formula is C14H15N5O2. The molecule has 21 heavy (non-hydrogen) atoms. The van der Waals surface area contributed by atoms with Crippen LogP contribution in [0, 0.1) is 0 Å². The molecule has 1 aromatic carbocycles. The lowest BCUT2D eigenvalue weighted by Gasteiger charge is -2.28. The largest absolute Gasteiger partial charge is 0.384 e. The average molecular weight is 285 g/mol. The summed E-state index contributed by atoms with van der Waals surface area (Å²) in [6.45, 7) is 0.288. The highest BCUT2D eigenvalue weighted by Gasteiger charge is 2.25. The number of anilines is 2. The third kappa shape index (κ3) is 2.45. The highest BCUT2D eigenvalue weighted by Crippen LogP contribution is 2.31. The fraction of sp³-hybridized carbons (Fsp3) is 0.214. The van der Waals surface area contributed by atoms with Gasteiger partial charge in [0.1, 0.15) is 5.82 Å². The van der Waals surface area contributed by atoms with E-state index in [1.54, 1.807) is 22.7 Å². The van der Waals surface area contributed by atoms with Crippen molar-refractivity contribution < 1.29 is 9.59 Å². The van der Waals surface area contributed by atoms with Crippen LogP contribution >= 0.6 is 0 Å². The Kier molecular flexibility index (Phi) is 3.09. The first-order chi connectivity index (χ1) is 10.0. The van der Waals surface area contributed by atoms with Crippen LogP contribution in [-0.2, 0) is 16.6 Å². The molecule has 2 amide bonds. The van der Waals surface area contributed by atoms with Gasteiger partial charge in [0.25, 0.3) is 0 Å². The Morgan fingerprint density at radius 1 is 1.19 bits per heavy atom. The van der Waals surface area contributed by atoms with Gasteiger partial charge in [0.2, 0.25) is 11.8 Å². The van der Waals surface area contributed by atoms with Gasteiger partial charge in [-0.1, -0.05) is 18.2 Å². The third-order valence-electron chi connectivity index (χ3n) is 3.38. The molecule has 2 heterocycles. The minimum absolute atomic E-state index is 0.144. The molecule has 108 valence electrons. The molecule has 0 aliphatic carbocycles. The number of para-hydroxylation sites is 1. The number of hydrogen-bond acceptors (Lipinski definition) is 5. The van der Waals surface area contributed by atoms with Gasteiger partial charge in [-0.2, -0.15) is 5.10 Å². The molecule has 0 spiro atoms. The van der Waals surface area contributed by atoms with E-state index in [4.69, 9.17) is 5.73 Å². The zero-order chi connectivity index (χ0) is 15.0. The van der Waals surface area contributed by atoms with Crippen LogP contribution in [0.3, 0.4) is 0 Å². The highest BCUT2D eigenvalue weighted by atomic mass is 16.2. The summed E-state index contributed by atoms with van der Waals surface area (Å²) >= 11 is 0. The summed E-state index contributed by atoms with van der Waals surface area (Å²) in [6, 6.07) is 9.28. The molecular weight excluding hydrogens is 270 g/mol. The minimum Gasteiger partial charge on any atom is -0.384 e. The molecule has 0 radical (unpaired) electrons. The van der Waals surface area contributed by atoms with Crippen LogP contribution in [0.25, 0.3) is 11.3 Å². The molecule has 1 aliphatic rings. The number of aryl methyl sites for hydroxylation is 1. The van der Waals surface area contributed by atoms with Gasteiger partial charge >= 0.3 is 0 Å². The van der Waals surface area contributed by atoms with E-state index in [1.807, 2.05) is 24.3 Å². The Morgan fingerprint density at radius 2 is 1.86 bits per heavy atom. The fourth-order valence-electron chi connectivity index (χ4n) is 2.39. The molecule has 0 saturated carbocycles. The van der Waals surface area contributed by atoms with E-state index in [-0.39, 0.29) is 24.9 Å². The van der Waals surface area contributed by atoms with Crippen LogP contribution in [0.15, 0.2) is 30.3 Å². The third-order valence-corrected chi connectivity index (χ3v) is 3.38. The monoisotopic (exact) mass is 285 g/mol. The van der Waals surface area contributed by atoms with Gasteiger partial charge in [-0.15, -0.1) is 0 Å². The van der Waals surface area contributed by atoms with Crippen molar-refractivity contribution >= 4 is 23.3 Å². The molecule has 0 bridgehead atoms. The maximum absolute atomic E-state index is 11.5. The lowest BCUT2D eigenvalue weighted by Crippen LogP contribution is -2.51. The Hall–Kier alpha value is -2.83. The summed E-state index contributed by atoms with van der Waals surface area (Å²) in [7, 11) is 1.76. The van der Waals surface area contributed by atoms with E-state index in [2.05, 4.69) is 10.4 Å². The van der Waals surface area contributed by atoms with Gasteiger partial charge in [0.15, 0.2) is 0 Å². The number of amides is 2. The fourth-order valence-corrected chi connectivity index (χ4v) is 2.39. The molecule has 3 N–H and O–H groups in total. The highest BCUT2D eigenvalue weighted by molar-refractivity contribution is 6.03. The van der Waals surface area contributed by atoms with Crippen molar-refractivity contribution in [1.82, 2.24) is 15.1 Å². The van der Waals surface area contributed by atoms with E-state index < -0.39 is 0 Å². The topological polar surface area (TPSA) is 93.2 Å². The van der Waals surface area contributed by atoms with E-state index in [1.165, 1.54) is 0 Å². The summed E-state index contributed by atoms with van der Waals surface area (Å²) in [5.41, 5.74) is 8.16. The summed E-state index contributed by atoms with van der Waals surface area (Å²) in [6.07, 6.45) is 0. The Bertz CT molecular complexity index is 686. The molecule has 0 atom stereocenters. The van der Waals surface area contributed by atoms with Crippen molar-refractivity contribution in [2.45, 2.75) is 0 Å². The number of carbonyl (C=O) groups excluding carboxylic acids is 2. The van der Waals surface area contributed by atoms with Gasteiger partial charge in [0, 0.05) is 24.4 Å². The first-order valence-corrected chi connectivity index (χ1v) is 6.51. The molecule has 3 rings (SSSR count). The van der Waals surface area contributed by atoms with Crippen LogP contribution in [0.4, 0.5) is 11.5 Å². The Labute approximate surface area is 121 Å². The number of piperazine rings is 1. The van der Waals surface area contributed by atoms with Crippen LogP contribution in [0.1, 0.15) is 0 Å². The number of rotatable bonds is 2. The number of imide groups is 1. The number of benzene rings is 1. The summed E-state index contributed by atoms with van der Waals surface area (Å²) < 4.78 is 1.58. The summed E-state index contributed by atoms with van der Waals surface area (Å²) in [4.78, 5) is 24.8. The molecule has 0 unspecified atom stereocenters. The van der Waals surface area contributed by atoms with Crippen LogP contribution < -0.4 is 16.0 Å². The second-order valence-corrected chi connectivity index (χ2v) is 4.92. The van der Waals surface area contributed by atoms with Gasteiger partial charge in [0.05, 0.1) is 18.8 Å². The second-order valence-electron chi connectivity index (χ2n) is 4.92. The van der Waals surface area contributed by atoms with Crippen molar-refractivity contribution in [3.05, 3.63) is 30.3 Å². The lowest BCUT2D eigenvalue weighted by molar-refractivity contribution is -0.130. The number of nitrogens with two attached hydrogens (primary N) is 1. The average Bonchev–Trinajstić information content (AvgIpc) is 2.77. The lowest BCUT2D eigenvalue weighted by atomic mass is 10.1. The zero-order valence-electron chi connectivity index (χ0n) is 11.5. The van der Waals surface area contributed by atoms with Gasteiger partial charge in [-0.3, -0.25) is 19.6 Å². The van der Waals surface area contributed by atoms with Crippen molar-refractivity contribution in [3.8, 4) is 11.3 Å². The standard InChI is InChI=1S/C14H15N5O2/c1-18-12(15)6-10(17-18)9-4-2-3-5-11(9)19-7-13(20)16-14(21)8-19/h2-6H,7-8,15H2,1H3,(H,16,20,21). The van der Waals surface area contributed by atoms with E-state index in [0.29, 0.717) is 11.5 Å². The van der Waals surface area contributed by atoms with Crippen molar-refractivity contribution in [1.29, 1.82) is 0 Å². The Morgan fingerprint density at radius 3 is 2.48 bits per heavy atom. The maximum Gasteiger partial charge on any atom is 0.246 e. The second kappa shape index (κ2) is 4.93. The van der Waals surface area contributed by atoms with E-state index in [0.717, 1.165) is 11.3 Å². The smallest absolute Gasteiger partial charge is 0.246 e. The number of nitrogen functional groups attached to an aromatic ring is 1. The first kappa shape index (κ1) is 13.2. The molecule has 7 heteroatoms. The number of carbonyl (C=O) groups is 2. The van der Waals surface area contributed by atoms with Gasteiger partial charge in [-0.25, -0.2) is 0 Å². The molecule has 1 fully saturated rings. The van der Waals surface area contributed by atoms with Crippen LogP contribution in [0.2, 0.25) is 0 Å². The minimum atomic E-state index is -0.304. The van der Waals surface area contributed by atoms with Crippen LogP contribution in [0.5, 0.6) is 0 Å². The number of hydrogen-bond donors (Lipinski definition) is 2. The maximum atomic E-state index is 11.5. The molecule has 1 aliphatic heterocycles. The molecule has 7 nitrogen and oxygen atoms in total. The molecule has 1 aromatic heterocycles. The van der Waals surface area contributed by atoms with E-state index >= 15 is 0 Å². The Balaban J connectivity index is 2.03. The van der Waals surface area contributed by atoms with Gasteiger partial charge in [-0.05, 0) is 6.07 Å². The molecule has 2 aromatic rings.